The molecule has 1 aliphatic carbocycles. The van der Waals surface area contributed by atoms with Crippen LogP contribution in [0.25, 0.3) is 6.20 Å². The monoisotopic (exact) mass is 309 g/mol. The second-order valence-electron chi connectivity index (χ2n) is 4.93. The number of nitrogens with zero attached hydrogens (tertiary/aromatic N) is 2. The van der Waals surface area contributed by atoms with Gasteiger partial charge >= 0.3 is 5.69 Å². The molecule has 1 saturated carbocycles. The zero-order valence-electron chi connectivity index (χ0n) is 10.6. The molecule has 6 heteroatoms. The summed E-state index contributed by atoms with van der Waals surface area (Å²) in [4.78, 5) is 13.7. The number of hydrogen-bond donors (Lipinski definition) is 1. The van der Waals surface area contributed by atoms with E-state index in [-0.39, 0.29) is 10.6 Å². The molecule has 20 heavy (non-hydrogen) atoms. The molecule has 1 aromatic heterocycles. The van der Waals surface area contributed by atoms with Gasteiger partial charge in [-0.2, -0.15) is 9.78 Å². The highest BCUT2D eigenvalue weighted by Gasteiger charge is 2.44. The van der Waals surface area contributed by atoms with Crippen LogP contribution in [0.3, 0.4) is 0 Å². The molecule has 0 spiro atoms. The molecule has 0 aliphatic heterocycles. The van der Waals surface area contributed by atoms with Gasteiger partial charge < -0.3 is 0 Å². The first-order valence-corrected chi connectivity index (χ1v) is 7.10. The molecule has 0 radical (unpaired) electrons. The molecule has 104 valence electrons. The van der Waals surface area contributed by atoms with Crippen LogP contribution in [0, 0.1) is 0 Å². The number of halogens is 2. The van der Waals surface area contributed by atoms with Crippen molar-refractivity contribution in [2.45, 2.75) is 24.1 Å². The largest absolute Gasteiger partial charge is 0.347 e. The van der Waals surface area contributed by atoms with Gasteiger partial charge in [-0.05, 0) is 36.5 Å². The van der Waals surface area contributed by atoms with Crippen molar-refractivity contribution in [2.75, 3.05) is 0 Å². The first-order valence-electron chi connectivity index (χ1n) is 6.34. The van der Waals surface area contributed by atoms with Gasteiger partial charge in [-0.3, -0.25) is 4.98 Å². The van der Waals surface area contributed by atoms with Crippen LogP contribution in [-0.2, 0) is 6.42 Å². The van der Waals surface area contributed by atoms with E-state index in [2.05, 4.69) is 10.1 Å². The molecule has 0 bridgehead atoms. The maximum Gasteiger partial charge on any atom is 0.347 e. The molecule has 0 atom stereocenters. The Hall–Kier alpha value is -1.52. The Morgan fingerprint density at radius 1 is 1.45 bits per heavy atom. The van der Waals surface area contributed by atoms with Crippen LogP contribution in [-0.4, -0.2) is 19.6 Å². The van der Waals surface area contributed by atoms with Crippen molar-refractivity contribution in [3.8, 4) is 0 Å². The highest BCUT2D eigenvalue weighted by atomic mass is 35.5. The van der Waals surface area contributed by atoms with E-state index < -0.39 is 0 Å². The fourth-order valence-corrected chi connectivity index (χ4v) is 2.51. The molecule has 1 fully saturated rings. The first kappa shape index (κ1) is 13.5. The zero-order chi connectivity index (χ0) is 14.2. The number of H-pyrrole nitrogens is 1. The Morgan fingerprint density at radius 3 is 2.80 bits per heavy atom. The van der Waals surface area contributed by atoms with Crippen molar-refractivity contribution < 1.29 is 0 Å². The van der Waals surface area contributed by atoms with Crippen LogP contribution in [0.15, 0.2) is 41.0 Å². The molecular formula is C14H13Cl2N3O. The van der Waals surface area contributed by atoms with E-state index in [1.165, 1.54) is 11.0 Å². The number of allylic oxidation sites excluding steroid dienone is 1. The van der Waals surface area contributed by atoms with Crippen LogP contribution >= 0.6 is 23.2 Å². The lowest BCUT2D eigenvalue weighted by molar-refractivity contribution is 0.864. The van der Waals surface area contributed by atoms with E-state index in [4.69, 9.17) is 23.2 Å². The summed E-state index contributed by atoms with van der Waals surface area (Å²) in [5, 5.41) is 4.64. The van der Waals surface area contributed by atoms with Gasteiger partial charge in [0.2, 0.25) is 0 Å². The lowest BCUT2D eigenvalue weighted by atomic mass is 10.0. The maximum absolute atomic E-state index is 11.6. The summed E-state index contributed by atoms with van der Waals surface area (Å²) in [5.41, 5.74) is 1.68. The van der Waals surface area contributed by atoms with Crippen molar-refractivity contribution in [1.29, 1.82) is 0 Å². The van der Waals surface area contributed by atoms with E-state index in [1.54, 1.807) is 6.20 Å². The smallest absolute Gasteiger partial charge is 0.295 e. The molecule has 0 amide bonds. The Balaban J connectivity index is 1.96. The molecule has 0 unspecified atom stereocenters. The van der Waals surface area contributed by atoms with Crippen LogP contribution < -0.4 is 5.69 Å². The number of benzene rings is 1. The fourth-order valence-electron chi connectivity index (χ4n) is 2.10. The average Bonchev–Trinajstić information content (AvgIpc) is 3.05. The standard InChI is InChI=1S/C14H13Cl2N3O/c15-12-4-2-1-3-10(12)7-11(14(16)5-6-14)8-19-13(20)17-9-18-19/h1-4,8-9H,5-7H2,(H,17,18,20)/b11-8-. The number of nitrogens with one attached hydrogen (secondary N) is 1. The topological polar surface area (TPSA) is 50.7 Å². The Morgan fingerprint density at radius 2 is 2.20 bits per heavy atom. The number of alkyl halides is 1. The summed E-state index contributed by atoms with van der Waals surface area (Å²) in [7, 11) is 0. The fraction of sp³-hybridized carbons (Fsp3) is 0.286. The molecule has 1 heterocycles. The third-order valence-corrected chi connectivity index (χ3v) is 4.45. The molecule has 3 rings (SSSR count). The molecule has 1 aromatic carbocycles. The molecule has 4 nitrogen and oxygen atoms in total. The second-order valence-corrected chi connectivity index (χ2v) is 6.06. The average molecular weight is 310 g/mol. The lowest BCUT2D eigenvalue weighted by Gasteiger charge is -2.13. The van der Waals surface area contributed by atoms with Crippen molar-refractivity contribution in [1.82, 2.24) is 14.8 Å². The highest BCUT2D eigenvalue weighted by Crippen LogP contribution is 2.50. The predicted octanol–water partition coefficient (Wildman–Crippen LogP) is 3.08. The first-order chi connectivity index (χ1) is 9.58. The van der Waals surface area contributed by atoms with Gasteiger partial charge in [-0.25, -0.2) is 4.79 Å². The normalized spacial score (nSPS) is 17.2. The minimum absolute atomic E-state index is 0.275. The summed E-state index contributed by atoms with van der Waals surface area (Å²) >= 11 is 12.7. The van der Waals surface area contributed by atoms with E-state index >= 15 is 0 Å². The van der Waals surface area contributed by atoms with Gasteiger partial charge in [0.25, 0.3) is 0 Å². The number of rotatable bonds is 4. The third-order valence-electron chi connectivity index (χ3n) is 3.46. The van der Waals surface area contributed by atoms with Crippen LogP contribution in [0.5, 0.6) is 0 Å². The number of aromatic nitrogens is 3. The molecule has 2 aromatic rings. The van der Waals surface area contributed by atoms with Gasteiger partial charge in [0, 0.05) is 11.2 Å². The summed E-state index contributed by atoms with van der Waals surface area (Å²) in [6, 6.07) is 7.64. The zero-order valence-corrected chi connectivity index (χ0v) is 12.2. The number of hydrogen-bond acceptors (Lipinski definition) is 2. The van der Waals surface area contributed by atoms with Crippen molar-refractivity contribution in [3.63, 3.8) is 0 Å². The lowest BCUT2D eigenvalue weighted by Crippen LogP contribution is -2.16. The third kappa shape index (κ3) is 2.67. The molecule has 1 N–H and O–H groups in total. The molecule has 0 saturated heterocycles. The Labute approximate surface area is 126 Å². The minimum atomic E-state index is -0.364. The summed E-state index contributed by atoms with van der Waals surface area (Å²) < 4.78 is 1.27. The van der Waals surface area contributed by atoms with Crippen molar-refractivity contribution in [3.05, 3.63) is 57.2 Å². The molecule has 1 aliphatic rings. The van der Waals surface area contributed by atoms with E-state index in [9.17, 15) is 4.79 Å². The van der Waals surface area contributed by atoms with Gasteiger partial charge in [0.15, 0.2) is 0 Å². The van der Waals surface area contributed by atoms with Gasteiger partial charge in [0.1, 0.15) is 6.33 Å². The summed E-state index contributed by atoms with van der Waals surface area (Å²) in [6.07, 6.45) is 5.50. The van der Waals surface area contributed by atoms with E-state index in [0.717, 1.165) is 24.0 Å². The Bertz CT molecular complexity index is 713. The van der Waals surface area contributed by atoms with Crippen molar-refractivity contribution in [2.24, 2.45) is 0 Å². The van der Waals surface area contributed by atoms with E-state index in [0.29, 0.717) is 11.4 Å². The minimum Gasteiger partial charge on any atom is -0.295 e. The SMILES string of the molecule is O=c1[nH]cnn1/C=C(/Cc1ccccc1Cl)C1(Cl)CC1. The predicted molar refractivity (Wildman–Crippen MR) is 80.1 cm³/mol. The van der Waals surface area contributed by atoms with Crippen LogP contribution in [0.2, 0.25) is 5.02 Å². The van der Waals surface area contributed by atoms with Gasteiger partial charge in [-0.15, -0.1) is 11.6 Å². The van der Waals surface area contributed by atoms with Crippen LogP contribution in [0.1, 0.15) is 18.4 Å². The quantitative estimate of drug-likeness (QED) is 0.882. The second kappa shape index (κ2) is 5.11. The van der Waals surface area contributed by atoms with Gasteiger partial charge in [-0.1, -0.05) is 29.8 Å². The maximum atomic E-state index is 11.6. The summed E-state index contributed by atoms with van der Waals surface area (Å²) in [5.74, 6) is 0. The van der Waals surface area contributed by atoms with Gasteiger partial charge in [0.05, 0.1) is 4.87 Å². The number of aromatic amines is 1. The van der Waals surface area contributed by atoms with Crippen molar-refractivity contribution >= 4 is 29.4 Å². The Kier molecular flexibility index (Phi) is 3.44. The highest BCUT2D eigenvalue weighted by molar-refractivity contribution is 6.31. The summed E-state index contributed by atoms with van der Waals surface area (Å²) in [6.45, 7) is 0. The molecular weight excluding hydrogens is 297 g/mol. The van der Waals surface area contributed by atoms with Crippen LogP contribution in [0.4, 0.5) is 0 Å². The van der Waals surface area contributed by atoms with E-state index in [1.807, 2.05) is 24.3 Å².